The minimum Gasteiger partial charge on any atom is -0.507 e. The Bertz CT molecular complexity index is 941. The van der Waals surface area contributed by atoms with Crippen LogP contribution in [0.15, 0.2) is 47.4 Å². The highest BCUT2D eigenvalue weighted by Gasteiger charge is 2.26. The van der Waals surface area contributed by atoms with Crippen molar-refractivity contribution in [3.05, 3.63) is 58.6 Å². The second kappa shape index (κ2) is 8.26. The molecule has 1 heterocycles. The van der Waals surface area contributed by atoms with Crippen LogP contribution in [0.1, 0.15) is 15.9 Å². The van der Waals surface area contributed by atoms with E-state index < -0.39 is 16.0 Å². The monoisotopic (exact) mass is 411 g/mol. The van der Waals surface area contributed by atoms with Gasteiger partial charge in [-0.2, -0.15) is 4.31 Å². The number of ether oxygens (including phenoxy) is 2. The topological polar surface area (TPSA) is 93.1 Å². The number of nitrogens with zero attached hydrogens (tertiary/aromatic N) is 1. The lowest BCUT2D eigenvalue weighted by molar-refractivity contribution is 0.0469. The SMILES string of the molecule is O=C(OCc1cccc(S(=O)(=O)N2CCOCC2)c1)c1ccc(Cl)cc1O. The third-order valence-corrected chi connectivity index (χ3v) is 6.19. The molecule has 1 fully saturated rings. The Morgan fingerprint density at radius 3 is 2.63 bits per heavy atom. The van der Waals surface area contributed by atoms with Crippen LogP contribution < -0.4 is 0 Å². The summed E-state index contributed by atoms with van der Waals surface area (Å²) in [6, 6.07) is 10.3. The number of benzene rings is 2. The molecule has 1 saturated heterocycles. The van der Waals surface area contributed by atoms with Crippen LogP contribution in [0.4, 0.5) is 0 Å². The van der Waals surface area contributed by atoms with Gasteiger partial charge >= 0.3 is 5.97 Å². The van der Waals surface area contributed by atoms with E-state index in [2.05, 4.69) is 0 Å². The average Bonchev–Trinajstić information content (AvgIpc) is 2.67. The number of halogens is 1. The Kier molecular flexibility index (Phi) is 6.01. The molecule has 0 unspecified atom stereocenters. The third kappa shape index (κ3) is 4.59. The van der Waals surface area contributed by atoms with Crippen LogP contribution in [0.5, 0.6) is 5.75 Å². The Morgan fingerprint density at radius 2 is 1.93 bits per heavy atom. The van der Waals surface area contributed by atoms with Gasteiger partial charge in [-0.15, -0.1) is 0 Å². The van der Waals surface area contributed by atoms with Gasteiger partial charge in [-0.3, -0.25) is 0 Å². The zero-order valence-corrected chi connectivity index (χ0v) is 15.9. The van der Waals surface area contributed by atoms with Crippen molar-refractivity contribution in [3.8, 4) is 5.75 Å². The molecule has 1 aliphatic heterocycles. The molecule has 2 aromatic carbocycles. The molecule has 0 bridgehead atoms. The highest BCUT2D eigenvalue weighted by molar-refractivity contribution is 7.89. The van der Waals surface area contributed by atoms with Crippen molar-refractivity contribution in [2.24, 2.45) is 0 Å². The first-order chi connectivity index (χ1) is 12.9. The maximum atomic E-state index is 12.7. The van der Waals surface area contributed by atoms with E-state index in [0.717, 1.165) is 0 Å². The fourth-order valence-corrected chi connectivity index (χ4v) is 4.28. The molecule has 0 saturated carbocycles. The molecule has 27 heavy (non-hydrogen) atoms. The largest absolute Gasteiger partial charge is 0.507 e. The lowest BCUT2D eigenvalue weighted by Gasteiger charge is -2.26. The number of hydrogen-bond acceptors (Lipinski definition) is 6. The van der Waals surface area contributed by atoms with Gasteiger partial charge in [0.25, 0.3) is 0 Å². The van der Waals surface area contributed by atoms with E-state index >= 15 is 0 Å². The fourth-order valence-electron chi connectivity index (χ4n) is 2.64. The maximum Gasteiger partial charge on any atom is 0.342 e. The standard InChI is InChI=1S/C18H18ClNO6S/c19-14-4-5-16(17(21)11-14)18(22)26-12-13-2-1-3-15(10-13)27(23,24)20-6-8-25-9-7-20/h1-5,10-11,21H,6-9,12H2. The summed E-state index contributed by atoms with van der Waals surface area (Å²) < 4.78 is 37.1. The number of carbonyl (C=O) groups excluding carboxylic acids is 1. The Hall–Kier alpha value is -2.13. The number of hydrogen-bond donors (Lipinski definition) is 1. The maximum absolute atomic E-state index is 12.7. The zero-order chi connectivity index (χ0) is 19.4. The number of carbonyl (C=O) groups is 1. The van der Waals surface area contributed by atoms with E-state index in [1.165, 1.54) is 34.6 Å². The van der Waals surface area contributed by atoms with Gasteiger partial charge in [-0.1, -0.05) is 23.7 Å². The molecule has 0 radical (unpaired) electrons. The van der Waals surface area contributed by atoms with E-state index in [0.29, 0.717) is 36.9 Å². The van der Waals surface area contributed by atoms with Crippen LogP contribution in [0, 0.1) is 0 Å². The van der Waals surface area contributed by atoms with E-state index in [1.807, 2.05) is 0 Å². The smallest absolute Gasteiger partial charge is 0.342 e. The number of phenolic OH excluding ortho intramolecular Hbond substituents is 1. The Balaban J connectivity index is 1.71. The molecule has 1 aliphatic rings. The van der Waals surface area contributed by atoms with Gasteiger partial charge in [0.2, 0.25) is 10.0 Å². The highest BCUT2D eigenvalue weighted by atomic mass is 35.5. The minimum atomic E-state index is -3.63. The van der Waals surface area contributed by atoms with Gasteiger partial charge in [0.05, 0.1) is 18.1 Å². The average molecular weight is 412 g/mol. The van der Waals surface area contributed by atoms with Gasteiger partial charge in [0.1, 0.15) is 17.9 Å². The summed E-state index contributed by atoms with van der Waals surface area (Å²) in [7, 11) is -3.63. The first-order valence-electron chi connectivity index (χ1n) is 8.20. The van der Waals surface area contributed by atoms with Crippen molar-refractivity contribution < 1.29 is 27.8 Å². The van der Waals surface area contributed by atoms with Crippen LogP contribution >= 0.6 is 11.6 Å². The lowest BCUT2D eigenvalue weighted by atomic mass is 10.2. The molecule has 2 aromatic rings. The highest BCUT2D eigenvalue weighted by Crippen LogP contribution is 2.23. The fraction of sp³-hybridized carbons (Fsp3) is 0.278. The second-order valence-electron chi connectivity index (χ2n) is 5.90. The van der Waals surface area contributed by atoms with Crippen molar-refractivity contribution >= 4 is 27.6 Å². The van der Waals surface area contributed by atoms with Crippen LogP contribution in [-0.4, -0.2) is 50.1 Å². The molecular formula is C18H18ClNO6S. The van der Waals surface area contributed by atoms with Gasteiger partial charge in [0.15, 0.2) is 0 Å². The van der Waals surface area contributed by atoms with Crippen molar-refractivity contribution in [1.82, 2.24) is 4.31 Å². The van der Waals surface area contributed by atoms with Crippen molar-refractivity contribution in [2.45, 2.75) is 11.5 Å². The predicted octanol–water partition coefficient (Wildman–Crippen LogP) is 2.42. The normalized spacial score (nSPS) is 15.4. The van der Waals surface area contributed by atoms with E-state index in [1.54, 1.807) is 12.1 Å². The molecule has 0 aliphatic carbocycles. The number of esters is 1. The molecule has 0 amide bonds. The molecule has 0 aromatic heterocycles. The van der Waals surface area contributed by atoms with E-state index in [9.17, 15) is 18.3 Å². The first-order valence-corrected chi connectivity index (χ1v) is 10.0. The number of phenols is 1. The number of sulfonamides is 1. The zero-order valence-electron chi connectivity index (χ0n) is 14.3. The molecule has 0 spiro atoms. The quantitative estimate of drug-likeness (QED) is 0.759. The lowest BCUT2D eigenvalue weighted by Crippen LogP contribution is -2.40. The minimum absolute atomic E-state index is 0.0171. The number of aromatic hydroxyl groups is 1. The summed E-state index contributed by atoms with van der Waals surface area (Å²) in [5, 5.41) is 10.1. The van der Waals surface area contributed by atoms with E-state index in [4.69, 9.17) is 21.1 Å². The first kappa shape index (κ1) is 19.6. The predicted molar refractivity (Wildman–Crippen MR) is 98.3 cm³/mol. The van der Waals surface area contributed by atoms with E-state index in [-0.39, 0.29) is 22.8 Å². The molecule has 9 heteroatoms. The van der Waals surface area contributed by atoms with Gasteiger partial charge in [0, 0.05) is 18.1 Å². The van der Waals surface area contributed by atoms with Crippen LogP contribution in [0.25, 0.3) is 0 Å². The van der Waals surface area contributed by atoms with Crippen molar-refractivity contribution in [1.29, 1.82) is 0 Å². The Morgan fingerprint density at radius 1 is 1.19 bits per heavy atom. The van der Waals surface area contributed by atoms with Crippen LogP contribution in [0.2, 0.25) is 5.02 Å². The summed E-state index contributed by atoms with van der Waals surface area (Å²) >= 11 is 5.74. The molecule has 7 nitrogen and oxygen atoms in total. The van der Waals surface area contributed by atoms with Crippen molar-refractivity contribution in [3.63, 3.8) is 0 Å². The van der Waals surface area contributed by atoms with Gasteiger partial charge in [-0.25, -0.2) is 13.2 Å². The summed E-state index contributed by atoms with van der Waals surface area (Å²) in [5.74, 6) is -1.01. The van der Waals surface area contributed by atoms with Gasteiger partial charge < -0.3 is 14.6 Å². The molecule has 3 rings (SSSR count). The third-order valence-electron chi connectivity index (χ3n) is 4.06. The second-order valence-corrected chi connectivity index (χ2v) is 8.28. The van der Waals surface area contributed by atoms with Gasteiger partial charge in [-0.05, 0) is 35.9 Å². The molecule has 144 valence electrons. The van der Waals surface area contributed by atoms with Crippen LogP contribution in [-0.2, 0) is 26.1 Å². The molecule has 1 N–H and O–H groups in total. The van der Waals surface area contributed by atoms with Crippen LogP contribution in [0.3, 0.4) is 0 Å². The summed E-state index contributed by atoms with van der Waals surface area (Å²) in [5.41, 5.74) is 0.502. The number of rotatable bonds is 5. The molecule has 0 atom stereocenters. The molecular weight excluding hydrogens is 394 g/mol. The van der Waals surface area contributed by atoms with Crippen molar-refractivity contribution in [2.75, 3.05) is 26.3 Å². The summed E-state index contributed by atoms with van der Waals surface area (Å²) in [6.45, 7) is 1.20. The number of morpholine rings is 1. The Labute approximate surface area is 162 Å². The summed E-state index contributed by atoms with van der Waals surface area (Å²) in [6.07, 6.45) is 0. The summed E-state index contributed by atoms with van der Waals surface area (Å²) in [4.78, 5) is 12.2.